The summed E-state index contributed by atoms with van der Waals surface area (Å²) in [5.41, 5.74) is 0. The summed E-state index contributed by atoms with van der Waals surface area (Å²) in [4.78, 5) is 6.28. The fraction of sp³-hybridized carbons (Fsp3) is 0.727. The molecule has 3 rings (SSSR count). The lowest BCUT2D eigenvalue weighted by molar-refractivity contribution is 0.600. The van der Waals surface area contributed by atoms with Crippen LogP contribution in [-0.4, -0.2) is 54.2 Å². The molecule has 1 unspecified atom stereocenters. The molecule has 19 heavy (non-hydrogen) atoms. The summed E-state index contributed by atoms with van der Waals surface area (Å²) in [6.07, 6.45) is 4.51. The summed E-state index contributed by atoms with van der Waals surface area (Å²) in [6.45, 7) is 0. The molecule has 0 aromatic carbocycles. The van der Waals surface area contributed by atoms with E-state index in [0.29, 0.717) is 24.2 Å². The molecule has 2 fully saturated rings. The second kappa shape index (κ2) is 4.59. The van der Waals surface area contributed by atoms with Gasteiger partial charge in [-0.3, -0.25) is 0 Å². The third-order valence-electron chi connectivity index (χ3n) is 3.57. The van der Waals surface area contributed by atoms with Crippen molar-refractivity contribution in [1.82, 2.24) is 15.2 Å². The van der Waals surface area contributed by atoms with Crippen molar-refractivity contribution in [1.29, 1.82) is 0 Å². The Labute approximate surface area is 112 Å². The highest BCUT2D eigenvalue weighted by Gasteiger charge is 2.31. The molecule has 1 atom stereocenters. The Morgan fingerprint density at radius 3 is 2.79 bits per heavy atom. The normalized spacial score (nSPS) is 25.2. The maximum atomic E-state index is 11.5. The molecule has 1 aliphatic heterocycles. The number of rotatable bonds is 4. The molecular formula is C11H17N5O2S. The van der Waals surface area contributed by atoms with E-state index in [1.54, 1.807) is 6.20 Å². The first kappa shape index (κ1) is 12.6. The van der Waals surface area contributed by atoms with Crippen LogP contribution < -0.4 is 10.2 Å². The summed E-state index contributed by atoms with van der Waals surface area (Å²) in [5, 5.41) is 11.1. The van der Waals surface area contributed by atoms with E-state index < -0.39 is 9.84 Å². The highest BCUT2D eigenvalue weighted by atomic mass is 32.2. The zero-order valence-electron chi connectivity index (χ0n) is 10.8. The van der Waals surface area contributed by atoms with Gasteiger partial charge < -0.3 is 10.2 Å². The summed E-state index contributed by atoms with van der Waals surface area (Å²) >= 11 is 0. The first-order valence-corrected chi connectivity index (χ1v) is 8.25. The van der Waals surface area contributed by atoms with Crippen molar-refractivity contribution in [2.24, 2.45) is 0 Å². The number of anilines is 2. The number of hydrogen-bond acceptors (Lipinski definition) is 7. The standard InChI is InChI=1S/C11H17N5O2S/c1-16(9-4-5-19(17,18)7-9)10-6-12-15-11(14-10)13-8-2-3-8/h6,8-9H,2-5,7H2,1H3,(H,13,14,15). The van der Waals surface area contributed by atoms with E-state index in [-0.39, 0.29) is 17.5 Å². The van der Waals surface area contributed by atoms with E-state index in [9.17, 15) is 8.42 Å². The smallest absolute Gasteiger partial charge is 0.244 e. The van der Waals surface area contributed by atoms with Crippen LogP contribution in [0.4, 0.5) is 11.8 Å². The molecule has 1 saturated heterocycles. The largest absolute Gasteiger partial charge is 0.354 e. The van der Waals surface area contributed by atoms with Crippen molar-refractivity contribution < 1.29 is 8.42 Å². The molecule has 0 bridgehead atoms. The first-order valence-electron chi connectivity index (χ1n) is 6.43. The molecule has 8 heteroatoms. The minimum atomic E-state index is -2.89. The van der Waals surface area contributed by atoms with Crippen molar-refractivity contribution in [2.45, 2.75) is 31.3 Å². The van der Waals surface area contributed by atoms with Gasteiger partial charge in [0.05, 0.1) is 17.7 Å². The maximum Gasteiger partial charge on any atom is 0.244 e. The minimum Gasteiger partial charge on any atom is -0.354 e. The Morgan fingerprint density at radius 2 is 2.16 bits per heavy atom. The SMILES string of the molecule is CN(c1cnnc(NC2CC2)n1)C1CCS(=O)(=O)C1. The predicted octanol–water partition coefficient (Wildman–Crippen LogP) is 0.0692. The third kappa shape index (κ3) is 2.94. The van der Waals surface area contributed by atoms with Gasteiger partial charge in [0.2, 0.25) is 5.95 Å². The second-order valence-corrected chi connectivity index (χ2v) is 7.45. The summed E-state index contributed by atoms with van der Waals surface area (Å²) < 4.78 is 23.0. The fourth-order valence-electron chi connectivity index (χ4n) is 2.20. The van der Waals surface area contributed by atoms with Crippen molar-refractivity contribution in [3.8, 4) is 0 Å². The summed E-state index contributed by atoms with van der Waals surface area (Å²) in [7, 11) is -1.03. The molecule has 104 valence electrons. The molecule has 1 saturated carbocycles. The molecule has 1 aromatic rings. The highest BCUT2D eigenvalue weighted by molar-refractivity contribution is 7.91. The lowest BCUT2D eigenvalue weighted by atomic mass is 10.2. The molecule has 1 aliphatic carbocycles. The van der Waals surface area contributed by atoms with Crippen LogP contribution in [0.2, 0.25) is 0 Å². The Balaban J connectivity index is 1.73. The lowest BCUT2D eigenvalue weighted by Gasteiger charge is -2.24. The molecule has 1 aromatic heterocycles. The van der Waals surface area contributed by atoms with Gasteiger partial charge in [-0.25, -0.2) is 8.42 Å². The fourth-order valence-corrected chi connectivity index (χ4v) is 3.98. The molecule has 0 spiro atoms. The van der Waals surface area contributed by atoms with Crippen LogP contribution in [0.15, 0.2) is 6.20 Å². The van der Waals surface area contributed by atoms with Gasteiger partial charge in [-0.05, 0) is 19.3 Å². The molecule has 1 N–H and O–H groups in total. The minimum absolute atomic E-state index is 0.0181. The van der Waals surface area contributed by atoms with E-state index in [4.69, 9.17) is 0 Å². The molecular weight excluding hydrogens is 266 g/mol. The molecule has 0 radical (unpaired) electrons. The average molecular weight is 283 g/mol. The van der Waals surface area contributed by atoms with Gasteiger partial charge in [-0.1, -0.05) is 0 Å². The van der Waals surface area contributed by atoms with E-state index in [0.717, 1.165) is 12.8 Å². The van der Waals surface area contributed by atoms with Gasteiger partial charge in [0, 0.05) is 19.1 Å². The Kier molecular flexibility index (Phi) is 3.04. The maximum absolute atomic E-state index is 11.5. The van der Waals surface area contributed by atoms with Crippen LogP contribution >= 0.6 is 0 Å². The van der Waals surface area contributed by atoms with Crippen LogP contribution in [-0.2, 0) is 9.84 Å². The quantitative estimate of drug-likeness (QED) is 0.836. The molecule has 2 heterocycles. The van der Waals surface area contributed by atoms with Gasteiger partial charge in [-0.15, -0.1) is 5.10 Å². The number of hydrogen-bond donors (Lipinski definition) is 1. The van der Waals surface area contributed by atoms with Crippen molar-refractivity contribution >= 4 is 21.6 Å². The summed E-state index contributed by atoms with van der Waals surface area (Å²) in [6, 6.07) is 0.449. The van der Waals surface area contributed by atoms with E-state index in [2.05, 4.69) is 20.5 Å². The van der Waals surface area contributed by atoms with Crippen LogP contribution in [0.1, 0.15) is 19.3 Å². The first-order chi connectivity index (χ1) is 9.03. The lowest BCUT2D eigenvalue weighted by Crippen LogP contribution is -2.33. The van der Waals surface area contributed by atoms with E-state index in [1.807, 2.05) is 11.9 Å². The van der Waals surface area contributed by atoms with E-state index >= 15 is 0 Å². The Hall–Kier alpha value is -1.44. The number of nitrogens with zero attached hydrogens (tertiary/aromatic N) is 4. The van der Waals surface area contributed by atoms with Crippen LogP contribution in [0.5, 0.6) is 0 Å². The Bertz CT molecular complexity index is 572. The van der Waals surface area contributed by atoms with Crippen LogP contribution in [0.3, 0.4) is 0 Å². The average Bonchev–Trinajstić information content (AvgIpc) is 3.11. The van der Waals surface area contributed by atoms with Crippen molar-refractivity contribution in [2.75, 3.05) is 28.8 Å². The monoisotopic (exact) mass is 283 g/mol. The molecule has 2 aliphatic rings. The number of nitrogens with one attached hydrogen (secondary N) is 1. The molecule has 7 nitrogen and oxygen atoms in total. The van der Waals surface area contributed by atoms with Gasteiger partial charge >= 0.3 is 0 Å². The van der Waals surface area contributed by atoms with Crippen LogP contribution in [0.25, 0.3) is 0 Å². The summed E-state index contributed by atoms with van der Waals surface area (Å²) in [5.74, 6) is 1.64. The second-order valence-electron chi connectivity index (χ2n) is 5.22. The molecule has 0 amide bonds. The third-order valence-corrected chi connectivity index (χ3v) is 5.32. The number of sulfone groups is 1. The van der Waals surface area contributed by atoms with Gasteiger partial charge in [0.1, 0.15) is 0 Å². The topological polar surface area (TPSA) is 88.1 Å². The van der Waals surface area contributed by atoms with E-state index in [1.165, 1.54) is 0 Å². The number of aromatic nitrogens is 3. The van der Waals surface area contributed by atoms with Gasteiger partial charge in [0.15, 0.2) is 15.7 Å². The van der Waals surface area contributed by atoms with Crippen molar-refractivity contribution in [3.63, 3.8) is 0 Å². The van der Waals surface area contributed by atoms with Crippen LogP contribution in [0, 0.1) is 0 Å². The Morgan fingerprint density at radius 1 is 1.37 bits per heavy atom. The highest BCUT2D eigenvalue weighted by Crippen LogP contribution is 2.24. The van der Waals surface area contributed by atoms with Gasteiger partial charge in [0.25, 0.3) is 0 Å². The predicted molar refractivity (Wildman–Crippen MR) is 71.9 cm³/mol. The zero-order valence-corrected chi connectivity index (χ0v) is 11.6. The van der Waals surface area contributed by atoms with Gasteiger partial charge in [-0.2, -0.15) is 10.1 Å². The zero-order chi connectivity index (χ0) is 13.5. The van der Waals surface area contributed by atoms with Crippen molar-refractivity contribution in [3.05, 3.63) is 6.20 Å².